The van der Waals surface area contributed by atoms with Gasteiger partial charge in [0, 0.05) is 18.9 Å². The number of allylic oxidation sites excluding steroid dienone is 1. The van der Waals surface area contributed by atoms with Gasteiger partial charge in [0.25, 0.3) is 0 Å². The maximum Gasteiger partial charge on any atom is 0.321 e. The van der Waals surface area contributed by atoms with E-state index in [1.54, 1.807) is 6.92 Å². The van der Waals surface area contributed by atoms with Gasteiger partial charge in [-0.25, -0.2) is 4.79 Å². The van der Waals surface area contributed by atoms with Gasteiger partial charge in [-0.3, -0.25) is 14.9 Å². The molecule has 0 bridgehead atoms. The largest absolute Gasteiger partial charge is 0.481 e. The van der Waals surface area contributed by atoms with Crippen molar-refractivity contribution in [3.05, 3.63) is 12.2 Å². The summed E-state index contributed by atoms with van der Waals surface area (Å²) in [4.78, 5) is 33.5. The Morgan fingerprint density at radius 1 is 1.32 bits per heavy atom. The predicted octanol–water partition coefficient (Wildman–Crippen LogP) is 1.42. The molecule has 0 saturated heterocycles. The van der Waals surface area contributed by atoms with E-state index in [1.807, 2.05) is 6.08 Å². The van der Waals surface area contributed by atoms with Gasteiger partial charge in [-0.05, 0) is 25.2 Å². The quantitative estimate of drug-likeness (QED) is 0.657. The highest BCUT2D eigenvalue weighted by Gasteiger charge is 2.17. The minimum atomic E-state index is -0.946. The number of urea groups is 1. The van der Waals surface area contributed by atoms with Gasteiger partial charge in [0.05, 0.1) is 0 Å². The molecule has 0 heterocycles. The van der Waals surface area contributed by atoms with Gasteiger partial charge in [-0.1, -0.05) is 19.1 Å². The van der Waals surface area contributed by atoms with Gasteiger partial charge in [0.2, 0.25) is 5.91 Å². The lowest BCUT2D eigenvalue weighted by atomic mass is 10.0. The predicted molar refractivity (Wildman–Crippen MR) is 69.5 cm³/mol. The molecule has 3 amide bonds. The fraction of sp³-hybridized carbons (Fsp3) is 0.615. The molecule has 1 aliphatic carbocycles. The van der Waals surface area contributed by atoms with Gasteiger partial charge in [-0.2, -0.15) is 0 Å². The Labute approximate surface area is 112 Å². The Morgan fingerprint density at radius 2 is 2.05 bits per heavy atom. The van der Waals surface area contributed by atoms with Crippen molar-refractivity contribution in [3.8, 4) is 0 Å². The van der Waals surface area contributed by atoms with Crippen molar-refractivity contribution in [3.63, 3.8) is 0 Å². The zero-order valence-corrected chi connectivity index (χ0v) is 11.0. The number of amides is 3. The minimum absolute atomic E-state index is 0.0320. The molecule has 2 atom stereocenters. The number of carboxylic acids is 1. The summed E-state index contributed by atoms with van der Waals surface area (Å²) in [7, 11) is 0. The lowest BCUT2D eigenvalue weighted by Gasteiger charge is -2.19. The molecule has 1 aliphatic rings. The SMILES string of the molecule is CC(CC(=O)O)CC(=O)NC(=O)NC1CC=CCC1. The molecule has 2 unspecified atom stereocenters. The molecule has 0 saturated carbocycles. The molecule has 0 aromatic heterocycles. The smallest absolute Gasteiger partial charge is 0.321 e. The van der Waals surface area contributed by atoms with Crippen molar-refractivity contribution >= 4 is 17.9 Å². The molecule has 0 spiro atoms. The summed E-state index contributed by atoms with van der Waals surface area (Å²) in [6.45, 7) is 1.66. The second-order valence-electron chi connectivity index (χ2n) is 4.91. The number of carbonyl (C=O) groups excluding carboxylic acids is 2. The minimum Gasteiger partial charge on any atom is -0.481 e. The van der Waals surface area contributed by atoms with Gasteiger partial charge in [-0.15, -0.1) is 0 Å². The van der Waals surface area contributed by atoms with E-state index in [9.17, 15) is 14.4 Å². The molecule has 1 rings (SSSR count). The average molecular weight is 268 g/mol. The summed E-state index contributed by atoms with van der Waals surface area (Å²) < 4.78 is 0. The molecule has 0 radical (unpaired) electrons. The summed E-state index contributed by atoms with van der Waals surface area (Å²) in [6, 6.07) is -0.443. The van der Waals surface area contributed by atoms with E-state index < -0.39 is 17.9 Å². The highest BCUT2D eigenvalue weighted by Crippen LogP contribution is 2.10. The second-order valence-corrected chi connectivity index (χ2v) is 4.91. The molecule has 0 fully saturated rings. The van der Waals surface area contributed by atoms with Crippen LogP contribution in [0.25, 0.3) is 0 Å². The Kier molecular flexibility index (Phi) is 6.05. The van der Waals surface area contributed by atoms with Crippen molar-refractivity contribution in [2.75, 3.05) is 0 Å². The van der Waals surface area contributed by atoms with E-state index in [-0.39, 0.29) is 24.8 Å². The van der Waals surface area contributed by atoms with E-state index in [0.29, 0.717) is 0 Å². The summed E-state index contributed by atoms with van der Waals surface area (Å²) in [6.07, 6.45) is 6.59. The molecular formula is C13H20N2O4. The van der Waals surface area contributed by atoms with E-state index in [0.717, 1.165) is 19.3 Å². The number of nitrogens with one attached hydrogen (secondary N) is 2. The summed E-state index contributed by atoms with van der Waals surface area (Å²) in [5, 5.41) is 13.5. The van der Waals surface area contributed by atoms with Crippen molar-refractivity contribution < 1.29 is 19.5 Å². The van der Waals surface area contributed by atoms with E-state index in [2.05, 4.69) is 16.7 Å². The zero-order valence-electron chi connectivity index (χ0n) is 11.0. The van der Waals surface area contributed by atoms with Crippen LogP contribution in [-0.2, 0) is 9.59 Å². The highest BCUT2D eigenvalue weighted by atomic mass is 16.4. The average Bonchev–Trinajstić information content (AvgIpc) is 2.28. The van der Waals surface area contributed by atoms with Crippen molar-refractivity contribution in [1.29, 1.82) is 0 Å². The lowest BCUT2D eigenvalue weighted by molar-refractivity contribution is -0.138. The summed E-state index contributed by atoms with van der Waals surface area (Å²) >= 11 is 0. The summed E-state index contributed by atoms with van der Waals surface area (Å²) in [5.41, 5.74) is 0. The summed E-state index contributed by atoms with van der Waals surface area (Å²) in [5.74, 6) is -1.68. The Bertz CT molecular complexity index is 379. The third-order valence-corrected chi connectivity index (χ3v) is 2.91. The molecule has 0 aromatic rings. The zero-order chi connectivity index (χ0) is 14.3. The van der Waals surface area contributed by atoms with Crippen LogP contribution in [0.5, 0.6) is 0 Å². The fourth-order valence-electron chi connectivity index (χ4n) is 2.01. The number of carboxylic acid groups (broad SMARTS) is 1. The number of hydrogen-bond donors (Lipinski definition) is 3. The monoisotopic (exact) mass is 268 g/mol. The third-order valence-electron chi connectivity index (χ3n) is 2.91. The Morgan fingerprint density at radius 3 is 2.63 bits per heavy atom. The first kappa shape index (κ1) is 15.2. The first-order chi connectivity index (χ1) is 8.97. The maximum atomic E-state index is 11.5. The van der Waals surface area contributed by atoms with Crippen LogP contribution in [0.3, 0.4) is 0 Å². The van der Waals surface area contributed by atoms with E-state index >= 15 is 0 Å². The topological polar surface area (TPSA) is 95.5 Å². The van der Waals surface area contributed by atoms with E-state index in [1.165, 1.54) is 0 Å². The fourth-order valence-corrected chi connectivity index (χ4v) is 2.01. The normalized spacial score (nSPS) is 19.5. The van der Waals surface area contributed by atoms with Crippen LogP contribution in [0.1, 0.15) is 39.0 Å². The van der Waals surface area contributed by atoms with Crippen LogP contribution < -0.4 is 10.6 Å². The van der Waals surface area contributed by atoms with Crippen LogP contribution in [0.4, 0.5) is 4.79 Å². The Hall–Kier alpha value is -1.85. The molecule has 0 aromatic carbocycles. The second kappa shape index (κ2) is 7.56. The van der Waals surface area contributed by atoms with Crippen LogP contribution in [-0.4, -0.2) is 29.1 Å². The van der Waals surface area contributed by atoms with Gasteiger partial charge < -0.3 is 10.4 Å². The van der Waals surface area contributed by atoms with Gasteiger partial charge in [0.15, 0.2) is 0 Å². The molecule has 3 N–H and O–H groups in total. The molecule has 19 heavy (non-hydrogen) atoms. The van der Waals surface area contributed by atoms with Crippen LogP contribution in [0, 0.1) is 5.92 Å². The van der Waals surface area contributed by atoms with Gasteiger partial charge >= 0.3 is 12.0 Å². The highest BCUT2D eigenvalue weighted by molar-refractivity contribution is 5.94. The molecule has 6 heteroatoms. The van der Waals surface area contributed by atoms with Crippen molar-refractivity contribution in [1.82, 2.24) is 10.6 Å². The molecular weight excluding hydrogens is 248 g/mol. The van der Waals surface area contributed by atoms with E-state index in [4.69, 9.17) is 5.11 Å². The first-order valence-electron chi connectivity index (χ1n) is 6.44. The number of hydrogen-bond acceptors (Lipinski definition) is 3. The van der Waals surface area contributed by atoms with Crippen molar-refractivity contribution in [2.45, 2.75) is 45.1 Å². The number of rotatable bonds is 5. The molecule has 6 nitrogen and oxygen atoms in total. The number of aliphatic carboxylic acids is 1. The van der Waals surface area contributed by atoms with Crippen LogP contribution in [0.2, 0.25) is 0 Å². The number of carbonyl (C=O) groups is 3. The van der Waals surface area contributed by atoms with Crippen LogP contribution >= 0.6 is 0 Å². The van der Waals surface area contributed by atoms with Crippen LogP contribution in [0.15, 0.2) is 12.2 Å². The third kappa shape index (κ3) is 6.59. The standard InChI is InChI=1S/C13H20N2O4/c1-9(8-12(17)18)7-11(16)15-13(19)14-10-5-3-2-4-6-10/h2-3,9-10H,4-8H2,1H3,(H,17,18)(H2,14,15,16,19). The van der Waals surface area contributed by atoms with Crippen molar-refractivity contribution in [2.24, 2.45) is 5.92 Å². The lowest BCUT2D eigenvalue weighted by Crippen LogP contribution is -2.45. The molecule has 0 aliphatic heterocycles. The Balaban J connectivity index is 2.25. The van der Waals surface area contributed by atoms with Gasteiger partial charge in [0.1, 0.15) is 0 Å². The maximum absolute atomic E-state index is 11.5. The first-order valence-corrected chi connectivity index (χ1v) is 6.44. The molecule has 106 valence electrons. The number of imide groups is 1.